The van der Waals surface area contributed by atoms with Gasteiger partial charge < -0.3 is 5.32 Å². The number of aromatic nitrogens is 2. The number of carbonyl (C=O) groups is 1. The minimum absolute atomic E-state index is 0.0104. The monoisotopic (exact) mass is 438 g/mol. The number of nitrogens with one attached hydrogen (secondary N) is 1. The third-order valence-electron chi connectivity index (χ3n) is 4.21. The molecule has 0 radical (unpaired) electrons. The number of benzene rings is 2. The topological polar surface area (TPSA) is 90.1 Å². The van der Waals surface area contributed by atoms with Crippen LogP contribution in [0.15, 0.2) is 48.5 Å². The van der Waals surface area contributed by atoms with Crippen molar-refractivity contribution < 1.29 is 22.9 Å². The first-order valence-corrected chi connectivity index (χ1v) is 8.88. The molecule has 1 N–H and O–H groups in total. The van der Waals surface area contributed by atoms with Crippen molar-refractivity contribution in [2.24, 2.45) is 0 Å². The number of rotatable bonds is 5. The molecule has 30 heavy (non-hydrogen) atoms. The number of hydrogen-bond acceptors (Lipinski definition) is 4. The Morgan fingerprint density at radius 2 is 1.97 bits per heavy atom. The number of halogens is 4. The molecule has 1 heterocycles. The maximum Gasteiger partial charge on any atom is 0.416 e. The van der Waals surface area contributed by atoms with Crippen molar-refractivity contribution in [3.05, 3.63) is 86.1 Å². The lowest BCUT2D eigenvalue weighted by Gasteiger charge is -2.09. The molecule has 0 aliphatic carbocycles. The summed E-state index contributed by atoms with van der Waals surface area (Å²) in [7, 11) is 0. The number of aryl methyl sites for hydroxylation is 1. The molecule has 2 aromatic carbocycles. The summed E-state index contributed by atoms with van der Waals surface area (Å²) in [5.74, 6) is -0.486. The first-order chi connectivity index (χ1) is 14.0. The summed E-state index contributed by atoms with van der Waals surface area (Å²) in [4.78, 5) is 22.6. The minimum atomic E-state index is -4.45. The molecular weight excluding hydrogens is 425 g/mol. The smallest absolute Gasteiger partial charge is 0.305 e. The van der Waals surface area contributed by atoms with Crippen LogP contribution in [0, 0.1) is 17.0 Å². The second-order valence-electron chi connectivity index (χ2n) is 6.40. The summed E-state index contributed by atoms with van der Waals surface area (Å²) in [5.41, 5.74) is -0.165. The number of nitrogens with zero attached hydrogens (tertiary/aromatic N) is 3. The van der Waals surface area contributed by atoms with Gasteiger partial charge in [-0.2, -0.15) is 18.3 Å². The predicted molar refractivity (Wildman–Crippen MR) is 104 cm³/mol. The summed E-state index contributed by atoms with van der Waals surface area (Å²) in [5, 5.41) is 17.6. The highest BCUT2D eigenvalue weighted by Crippen LogP contribution is 2.30. The fourth-order valence-electron chi connectivity index (χ4n) is 2.73. The van der Waals surface area contributed by atoms with E-state index in [2.05, 4.69) is 10.4 Å². The molecule has 7 nitrogen and oxygen atoms in total. The molecule has 0 aliphatic heterocycles. The van der Waals surface area contributed by atoms with Crippen LogP contribution in [0.4, 0.5) is 24.7 Å². The Hall–Kier alpha value is -3.40. The highest BCUT2D eigenvalue weighted by molar-refractivity contribution is 6.32. The molecular formula is C19H14ClF3N4O3. The van der Waals surface area contributed by atoms with E-state index in [4.69, 9.17) is 11.6 Å². The Labute approximate surface area is 173 Å². The second kappa shape index (κ2) is 8.15. The van der Waals surface area contributed by atoms with Crippen molar-refractivity contribution in [3.63, 3.8) is 0 Å². The van der Waals surface area contributed by atoms with Crippen LogP contribution in [0.3, 0.4) is 0 Å². The Morgan fingerprint density at radius 3 is 2.63 bits per heavy atom. The molecule has 0 saturated heterocycles. The lowest BCUT2D eigenvalue weighted by Crippen LogP contribution is -2.13. The van der Waals surface area contributed by atoms with Gasteiger partial charge >= 0.3 is 6.18 Å². The third kappa shape index (κ3) is 4.77. The number of nitro benzene ring substituents is 1. The van der Waals surface area contributed by atoms with Crippen LogP contribution in [-0.4, -0.2) is 20.6 Å². The summed E-state index contributed by atoms with van der Waals surface area (Å²) in [6.07, 6.45) is -4.45. The third-order valence-corrected chi connectivity index (χ3v) is 4.53. The van der Waals surface area contributed by atoms with Crippen LogP contribution in [0.1, 0.15) is 27.2 Å². The van der Waals surface area contributed by atoms with Crippen molar-refractivity contribution in [3.8, 4) is 0 Å². The molecule has 0 aliphatic rings. The van der Waals surface area contributed by atoms with Gasteiger partial charge in [0.05, 0.1) is 17.0 Å². The standard InChI is InChI=1S/C19H14ClF3N4O3/c1-11-7-17(24-18(28)13-5-6-15(20)16(9-13)27(29)30)25-26(11)10-12-3-2-4-14(8-12)19(21,22)23/h2-9H,10H2,1H3,(H,24,25,28). The van der Waals surface area contributed by atoms with Gasteiger partial charge in [-0.3, -0.25) is 19.6 Å². The van der Waals surface area contributed by atoms with Crippen molar-refractivity contribution >= 4 is 29.0 Å². The first-order valence-electron chi connectivity index (χ1n) is 8.50. The zero-order valence-corrected chi connectivity index (χ0v) is 16.2. The number of amides is 1. The van der Waals surface area contributed by atoms with Gasteiger partial charge in [-0.15, -0.1) is 0 Å². The molecule has 0 saturated carbocycles. The molecule has 0 spiro atoms. The van der Waals surface area contributed by atoms with E-state index in [-0.39, 0.29) is 22.9 Å². The Balaban J connectivity index is 1.78. The molecule has 3 rings (SSSR count). The van der Waals surface area contributed by atoms with Gasteiger partial charge in [0.1, 0.15) is 5.02 Å². The van der Waals surface area contributed by atoms with Crippen LogP contribution < -0.4 is 5.32 Å². The second-order valence-corrected chi connectivity index (χ2v) is 6.81. The SMILES string of the molecule is Cc1cc(NC(=O)c2ccc(Cl)c([N+](=O)[O-])c2)nn1Cc1cccc(C(F)(F)F)c1. The quantitative estimate of drug-likeness (QED) is 0.444. The Morgan fingerprint density at radius 1 is 1.23 bits per heavy atom. The van der Waals surface area contributed by atoms with Gasteiger partial charge in [0.25, 0.3) is 11.6 Å². The van der Waals surface area contributed by atoms with Crippen molar-refractivity contribution in [1.29, 1.82) is 0 Å². The van der Waals surface area contributed by atoms with E-state index in [1.807, 2.05) is 0 Å². The van der Waals surface area contributed by atoms with Crippen LogP contribution in [0.25, 0.3) is 0 Å². The highest BCUT2D eigenvalue weighted by Gasteiger charge is 2.30. The molecule has 1 aromatic heterocycles. The zero-order valence-electron chi connectivity index (χ0n) is 15.4. The molecule has 0 unspecified atom stereocenters. The first kappa shape index (κ1) is 21.3. The van der Waals surface area contributed by atoms with Crippen LogP contribution >= 0.6 is 11.6 Å². The number of anilines is 1. The van der Waals surface area contributed by atoms with Crippen molar-refractivity contribution in [2.75, 3.05) is 5.32 Å². The average molecular weight is 439 g/mol. The summed E-state index contributed by atoms with van der Waals surface area (Å²) in [6.45, 7) is 1.75. The van der Waals surface area contributed by atoms with Gasteiger partial charge in [0.15, 0.2) is 5.82 Å². The normalized spacial score (nSPS) is 11.4. The minimum Gasteiger partial charge on any atom is -0.305 e. The van der Waals surface area contributed by atoms with Gasteiger partial charge in [0, 0.05) is 23.4 Å². The van der Waals surface area contributed by atoms with Gasteiger partial charge in [-0.05, 0) is 36.8 Å². The maximum atomic E-state index is 12.9. The summed E-state index contributed by atoms with van der Waals surface area (Å²) < 4.78 is 40.1. The van der Waals surface area contributed by atoms with E-state index in [0.29, 0.717) is 11.3 Å². The molecule has 0 atom stereocenters. The van der Waals surface area contributed by atoms with Crippen LogP contribution in [0.5, 0.6) is 0 Å². The highest BCUT2D eigenvalue weighted by atomic mass is 35.5. The van der Waals surface area contributed by atoms with E-state index in [0.717, 1.165) is 18.2 Å². The van der Waals surface area contributed by atoms with E-state index in [9.17, 15) is 28.1 Å². The molecule has 3 aromatic rings. The lowest BCUT2D eigenvalue weighted by atomic mass is 10.1. The molecule has 0 fully saturated rings. The Kier molecular flexibility index (Phi) is 5.79. The maximum absolute atomic E-state index is 12.9. The lowest BCUT2D eigenvalue weighted by molar-refractivity contribution is -0.384. The number of hydrogen-bond donors (Lipinski definition) is 1. The van der Waals surface area contributed by atoms with E-state index >= 15 is 0 Å². The molecule has 0 bridgehead atoms. The van der Waals surface area contributed by atoms with Crippen molar-refractivity contribution in [1.82, 2.24) is 9.78 Å². The summed E-state index contributed by atoms with van der Waals surface area (Å²) in [6, 6.07) is 10.0. The van der Waals surface area contributed by atoms with E-state index in [1.54, 1.807) is 13.0 Å². The number of alkyl halides is 3. The largest absolute Gasteiger partial charge is 0.416 e. The van der Waals surface area contributed by atoms with Crippen LogP contribution in [0.2, 0.25) is 5.02 Å². The number of carbonyl (C=O) groups excluding carboxylic acids is 1. The van der Waals surface area contributed by atoms with E-state index in [1.165, 1.54) is 28.9 Å². The molecule has 1 amide bonds. The summed E-state index contributed by atoms with van der Waals surface area (Å²) >= 11 is 5.74. The molecule has 11 heteroatoms. The fourth-order valence-corrected chi connectivity index (χ4v) is 2.92. The van der Waals surface area contributed by atoms with Crippen molar-refractivity contribution in [2.45, 2.75) is 19.6 Å². The average Bonchev–Trinajstić information content (AvgIpc) is 3.00. The number of nitro groups is 1. The molecule has 156 valence electrons. The zero-order chi connectivity index (χ0) is 22.1. The predicted octanol–water partition coefficient (Wildman–Crippen LogP) is 5.07. The van der Waals surface area contributed by atoms with E-state index < -0.39 is 28.3 Å². The Bertz CT molecular complexity index is 1130. The fraction of sp³-hybridized carbons (Fsp3) is 0.158. The van der Waals surface area contributed by atoms with Gasteiger partial charge in [-0.25, -0.2) is 0 Å². The van der Waals surface area contributed by atoms with Gasteiger partial charge in [-0.1, -0.05) is 23.7 Å². The van der Waals surface area contributed by atoms with Crippen LogP contribution in [-0.2, 0) is 12.7 Å². The van der Waals surface area contributed by atoms with Gasteiger partial charge in [0.2, 0.25) is 0 Å².